The highest BCUT2D eigenvalue weighted by Gasteiger charge is 2.53. The Kier molecular flexibility index (Phi) is 17.0. The molecule has 20 heteroatoms. The van der Waals surface area contributed by atoms with Gasteiger partial charge in [-0.05, 0) is 71.3 Å². The molecule has 6 aromatic carbocycles. The van der Waals surface area contributed by atoms with Gasteiger partial charge in [-0.2, -0.15) is 0 Å². The second-order valence-electron chi connectivity index (χ2n) is 19.3. The summed E-state index contributed by atoms with van der Waals surface area (Å²) in [6, 6.07) is 28.1. The van der Waals surface area contributed by atoms with Gasteiger partial charge in [-0.15, -0.1) is 0 Å². The van der Waals surface area contributed by atoms with E-state index in [2.05, 4.69) is 0 Å². The molecular formula is C62H64O20. The minimum atomic E-state index is -1.36. The summed E-state index contributed by atoms with van der Waals surface area (Å²) in [4.78, 5) is 54.0. The van der Waals surface area contributed by atoms with Crippen LogP contribution in [0.3, 0.4) is 0 Å². The van der Waals surface area contributed by atoms with Crippen molar-refractivity contribution in [2.24, 2.45) is 0 Å². The highest BCUT2D eigenvalue weighted by Crippen LogP contribution is 2.63. The standard InChI is InChI=1S/C62H64O20/c1-30(63)76-56-44-29-42(52(72-10)61(75-13)55(44)82-50(62(56)79-33(4)66)36-18-24-39(69-7)25-19-36)47-43-28-41(51(71-9)60(74-12)54(43)81-49(59(47)78-32(3)65)35-16-22-38(68-6)23-17-35)46-40-26-27-45(70-8)57(73-11)53(40)80-48(58(46)77-31(2)64)34-14-20-37(67-5)21-15-34/h14-29,46-50,56,58-59,62H,1-13H3/t46-,47+,48+,49+,50+,56+,58-,59-,62-/m0/s1. The zero-order chi connectivity index (χ0) is 58.7. The molecule has 9 rings (SSSR count). The van der Waals surface area contributed by atoms with Crippen molar-refractivity contribution in [1.82, 2.24) is 0 Å². The Balaban J connectivity index is 1.40. The van der Waals surface area contributed by atoms with Gasteiger partial charge in [0.05, 0.1) is 75.8 Å². The quantitative estimate of drug-likeness (QED) is 0.0578. The average molecular weight is 1130 g/mol. The molecule has 9 atom stereocenters. The van der Waals surface area contributed by atoms with Crippen LogP contribution in [0.5, 0.6) is 69.0 Å². The molecule has 0 saturated carbocycles. The van der Waals surface area contributed by atoms with Gasteiger partial charge in [0.15, 0.2) is 77.2 Å². The highest BCUT2D eigenvalue weighted by molar-refractivity contribution is 5.74. The molecule has 3 aliphatic rings. The number of esters is 4. The van der Waals surface area contributed by atoms with Crippen LogP contribution in [-0.2, 0) is 38.1 Å². The summed E-state index contributed by atoms with van der Waals surface area (Å²) in [5.74, 6) is -1.66. The van der Waals surface area contributed by atoms with E-state index in [1.54, 1.807) is 98.1 Å². The average Bonchev–Trinajstić information content (AvgIpc) is 1.30. The first kappa shape index (κ1) is 57.5. The van der Waals surface area contributed by atoms with E-state index in [1.165, 1.54) is 84.6 Å². The predicted molar refractivity (Wildman–Crippen MR) is 293 cm³/mol. The van der Waals surface area contributed by atoms with Crippen LogP contribution < -0.4 is 56.8 Å². The van der Waals surface area contributed by atoms with Crippen molar-refractivity contribution in [3.63, 3.8) is 0 Å². The minimum absolute atomic E-state index is 0.0416. The second-order valence-corrected chi connectivity index (χ2v) is 19.3. The third kappa shape index (κ3) is 10.7. The van der Waals surface area contributed by atoms with Gasteiger partial charge >= 0.3 is 23.9 Å². The van der Waals surface area contributed by atoms with Crippen LogP contribution in [0.1, 0.15) is 108 Å². The third-order valence-electron chi connectivity index (χ3n) is 14.6. The van der Waals surface area contributed by atoms with Crippen LogP contribution >= 0.6 is 0 Å². The Hall–Kier alpha value is -9.20. The molecule has 432 valence electrons. The summed E-state index contributed by atoms with van der Waals surface area (Å²) >= 11 is 0. The van der Waals surface area contributed by atoms with Crippen LogP contribution in [0.4, 0.5) is 0 Å². The van der Waals surface area contributed by atoms with E-state index in [9.17, 15) is 19.2 Å². The van der Waals surface area contributed by atoms with Gasteiger partial charge in [0.25, 0.3) is 0 Å². The van der Waals surface area contributed by atoms with Crippen molar-refractivity contribution in [2.75, 3.05) is 64.0 Å². The minimum Gasteiger partial charge on any atom is -0.497 e. The van der Waals surface area contributed by atoms with Crippen molar-refractivity contribution < 1.29 is 95.0 Å². The SMILES string of the molecule is COc1ccc([C@H]2Oc3c(cc([C@@H]4c5cc([C@@H]6c7ccc(OC)c(OC)c7O[C@H](c7ccc(OC)cc7)[C@H]6OC(C)=O)c(OC)c(OC)c5O[C@H](c5ccc(OC)cc5)[C@H]4OC(C)=O)c(OC)c3OC)[C@@H](OC(C)=O)[C@H]2OC(C)=O)cc1. The molecular weight excluding hydrogens is 1060 g/mol. The van der Waals surface area contributed by atoms with Crippen LogP contribution in [0, 0.1) is 0 Å². The van der Waals surface area contributed by atoms with E-state index in [1.807, 2.05) is 6.07 Å². The zero-order valence-electron chi connectivity index (χ0n) is 47.6. The van der Waals surface area contributed by atoms with E-state index < -0.39 is 78.4 Å². The Labute approximate surface area is 474 Å². The molecule has 6 aromatic rings. The molecule has 0 aliphatic carbocycles. The molecule has 3 aliphatic heterocycles. The van der Waals surface area contributed by atoms with E-state index in [0.717, 1.165) is 0 Å². The first-order valence-electron chi connectivity index (χ1n) is 26.0. The number of benzene rings is 6. The number of carbonyl (C=O) groups is 4. The van der Waals surface area contributed by atoms with Crippen molar-refractivity contribution >= 4 is 23.9 Å². The molecule has 0 radical (unpaired) electrons. The van der Waals surface area contributed by atoms with E-state index in [-0.39, 0.29) is 51.6 Å². The molecule has 3 heterocycles. The number of hydrogen-bond acceptors (Lipinski definition) is 20. The molecule has 0 bridgehead atoms. The summed E-state index contributed by atoms with van der Waals surface area (Å²) in [5, 5.41) is 0. The molecule has 0 N–H and O–H groups in total. The molecule has 20 nitrogen and oxygen atoms in total. The van der Waals surface area contributed by atoms with E-state index in [0.29, 0.717) is 61.9 Å². The first-order chi connectivity index (χ1) is 39.6. The Morgan fingerprint density at radius 1 is 0.329 bits per heavy atom. The van der Waals surface area contributed by atoms with Gasteiger partial charge in [0.1, 0.15) is 17.2 Å². The molecule has 0 spiro atoms. The van der Waals surface area contributed by atoms with Crippen molar-refractivity contribution in [2.45, 2.75) is 82.3 Å². The number of carbonyl (C=O) groups excluding carboxylic acids is 4. The zero-order valence-corrected chi connectivity index (χ0v) is 47.6. The Morgan fingerprint density at radius 2 is 0.671 bits per heavy atom. The van der Waals surface area contributed by atoms with Crippen molar-refractivity contribution in [3.05, 3.63) is 142 Å². The molecule has 0 amide bonds. The van der Waals surface area contributed by atoms with Crippen LogP contribution in [-0.4, -0.2) is 106 Å². The molecule has 0 aromatic heterocycles. The molecule has 0 fully saturated rings. The Bertz CT molecular complexity index is 3340. The van der Waals surface area contributed by atoms with Gasteiger partial charge in [-0.25, -0.2) is 0 Å². The fourth-order valence-corrected chi connectivity index (χ4v) is 11.3. The lowest BCUT2D eigenvalue weighted by Crippen LogP contribution is -2.41. The maximum Gasteiger partial charge on any atom is 0.303 e. The largest absolute Gasteiger partial charge is 0.497 e. The lowest BCUT2D eigenvalue weighted by molar-refractivity contribution is -0.178. The molecule has 0 unspecified atom stereocenters. The fraction of sp³-hybridized carbons (Fsp3) is 0.355. The number of ether oxygens (including phenoxy) is 16. The molecule has 82 heavy (non-hydrogen) atoms. The van der Waals surface area contributed by atoms with Gasteiger partial charge < -0.3 is 75.8 Å². The van der Waals surface area contributed by atoms with Gasteiger partial charge in [-0.1, -0.05) is 42.5 Å². The number of methoxy groups -OCH3 is 9. The van der Waals surface area contributed by atoms with Gasteiger partial charge in [-0.3, -0.25) is 19.2 Å². The fourth-order valence-electron chi connectivity index (χ4n) is 11.3. The van der Waals surface area contributed by atoms with E-state index in [4.69, 9.17) is 75.8 Å². The number of rotatable bonds is 18. The third-order valence-corrected chi connectivity index (χ3v) is 14.6. The summed E-state index contributed by atoms with van der Waals surface area (Å²) in [6.45, 7) is 5.05. The normalized spacial score (nSPS) is 21.1. The smallest absolute Gasteiger partial charge is 0.303 e. The topological polar surface area (TPSA) is 216 Å². The highest BCUT2D eigenvalue weighted by atomic mass is 16.6. The van der Waals surface area contributed by atoms with Crippen LogP contribution in [0.2, 0.25) is 0 Å². The summed E-state index contributed by atoms with van der Waals surface area (Å²) < 4.78 is 100. The monoisotopic (exact) mass is 1130 g/mol. The summed E-state index contributed by atoms with van der Waals surface area (Å²) in [7, 11) is 13.4. The van der Waals surface area contributed by atoms with Crippen molar-refractivity contribution in [1.29, 1.82) is 0 Å². The van der Waals surface area contributed by atoms with E-state index >= 15 is 0 Å². The Morgan fingerprint density at radius 3 is 1.04 bits per heavy atom. The number of hydrogen-bond donors (Lipinski definition) is 0. The lowest BCUT2D eigenvalue weighted by Gasteiger charge is -2.43. The van der Waals surface area contributed by atoms with Gasteiger partial charge in [0, 0.05) is 55.5 Å². The summed E-state index contributed by atoms with van der Waals surface area (Å²) in [6.07, 6.45) is -8.29. The lowest BCUT2D eigenvalue weighted by atomic mass is 9.74. The maximum atomic E-state index is 13.8. The number of fused-ring (bicyclic) bond motifs is 3. The van der Waals surface area contributed by atoms with Crippen LogP contribution in [0.15, 0.2) is 97.1 Å². The second kappa shape index (κ2) is 24.3. The van der Waals surface area contributed by atoms with Crippen LogP contribution in [0.25, 0.3) is 0 Å². The summed E-state index contributed by atoms with van der Waals surface area (Å²) in [5.41, 5.74) is 3.41. The predicted octanol–water partition coefficient (Wildman–Crippen LogP) is 9.83. The van der Waals surface area contributed by atoms with Crippen molar-refractivity contribution in [3.8, 4) is 69.0 Å². The maximum absolute atomic E-state index is 13.8. The first-order valence-corrected chi connectivity index (χ1v) is 26.0. The molecule has 0 saturated heterocycles. The van der Waals surface area contributed by atoms with Gasteiger partial charge in [0.2, 0.25) is 17.2 Å².